The van der Waals surface area contributed by atoms with Gasteiger partial charge in [-0.05, 0) is 55.7 Å². The van der Waals surface area contributed by atoms with Crippen molar-refractivity contribution in [1.82, 2.24) is 9.80 Å². The first-order chi connectivity index (χ1) is 16.3. The Kier molecular flexibility index (Phi) is 6.52. The van der Waals surface area contributed by atoms with Gasteiger partial charge in [0.2, 0.25) is 5.91 Å². The van der Waals surface area contributed by atoms with Crippen LogP contribution in [0.3, 0.4) is 0 Å². The van der Waals surface area contributed by atoms with E-state index in [1.807, 2.05) is 17.0 Å². The number of rotatable bonds is 5. The molecule has 5 heteroatoms. The summed E-state index contributed by atoms with van der Waals surface area (Å²) < 4.78 is 0. The first-order valence-corrected chi connectivity index (χ1v) is 13.7. The van der Waals surface area contributed by atoms with Gasteiger partial charge in [-0.1, -0.05) is 64.0 Å². The van der Waals surface area contributed by atoms with Gasteiger partial charge in [0.1, 0.15) is 0 Å². The Balaban J connectivity index is 1.29. The van der Waals surface area contributed by atoms with Gasteiger partial charge in [0.25, 0.3) is 5.91 Å². The van der Waals surface area contributed by atoms with Crippen molar-refractivity contribution >= 4 is 11.8 Å². The Morgan fingerprint density at radius 3 is 2.56 bits per heavy atom. The van der Waals surface area contributed by atoms with Crippen LogP contribution in [0.5, 0.6) is 0 Å². The second kappa shape index (κ2) is 9.29. The zero-order valence-corrected chi connectivity index (χ0v) is 21.2. The summed E-state index contributed by atoms with van der Waals surface area (Å²) in [6.07, 6.45) is 12.1. The maximum absolute atomic E-state index is 13.5. The van der Waals surface area contributed by atoms with Crippen LogP contribution in [0.1, 0.15) is 99.0 Å². The Bertz CT molecular complexity index is 931. The molecule has 34 heavy (non-hydrogen) atoms. The molecule has 5 nitrogen and oxygen atoms in total. The lowest BCUT2D eigenvalue weighted by Crippen LogP contribution is -2.64. The number of nitrogens with zero attached hydrogens (tertiary/aromatic N) is 2. The lowest BCUT2D eigenvalue weighted by molar-refractivity contribution is -0.163. The van der Waals surface area contributed by atoms with Crippen molar-refractivity contribution in [2.75, 3.05) is 19.6 Å². The normalized spacial score (nSPS) is 27.9. The second-order valence-corrected chi connectivity index (χ2v) is 11.9. The third-order valence-electron chi connectivity index (χ3n) is 9.71. The molecule has 1 N–H and O–H groups in total. The molecule has 0 aromatic heterocycles. The fourth-order valence-corrected chi connectivity index (χ4v) is 7.61. The minimum absolute atomic E-state index is 0.0416. The highest BCUT2D eigenvalue weighted by Gasteiger charge is 2.56. The van der Waals surface area contributed by atoms with Gasteiger partial charge in [-0.25, -0.2) is 0 Å². The van der Waals surface area contributed by atoms with Gasteiger partial charge in [0.05, 0.1) is 12.1 Å². The molecular weight excluding hydrogens is 424 g/mol. The molecule has 1 saturated heterocycles. The highest BCUT2D eigenvalue weighted by atomic mass is 16.3. The molecule has 186 valence electrons. The maximum Gasteiger partial charge on any atom is 0.254 e. The third-order valence-corrected chi connectivity index (χ3v) is 9.71. The lowest BCUT2D eigenvalue weighted by Gasteiger charge is -2.53. The number of amides is 2. The number of fused-ring (bicyclic) bond motifs is 1. The van der Waals surface area contributed by atoms with Crippen LogP contribution in [0.4, 0.5) is 0 Å². The van der Waals surface area contributed by atoms with E-state index in [4.69, 9.17) is 0 Å². The van der Waals surface area contributed by atoms with Gasteiger partial charge in [0.15, 0.2) is 0 Å². The molecule has 5 rings (SSSR count). The van der Waals surface area contributed by atoms with Crippen molar-refractivity contribution in [3.8, 4) is 0 Å². The van der Waals surface area contributed by atoms with Crippen molar-refractivity contribution in [3.05, 3.63) is 34.9 Å². The molecule has 1 spiro atoms. The monoisotopic (exact) mass is 466 g/mol. The van der Waals surface area contributed by atoms with E-state index in [9.17, 15) is 14.7 Å². The average molecular weight is 467 g/mol. The van der Waals surface area contributed by atoms with Crippen molar-refractivity contribution in [1.29, 1.82) is 0 Å². The van der Waals surface area contributed by atoms with E-state index in [0.29, 0.717) is 38.5 Å². The summed E-state index contributed by atoms with van der Waals surface area (Å²) in [5.74, 6) is 1.07. The van der Waals surface area contributed by atoms with Crippen LogP contribution >= 0.6 is 0 Å². The van der Waals surface area contributed by atoms with Crippen LogP contribution < -0.4 is 0 Å². The summed E-state index contributed by atoms with van der Waals surface area (Å²) in [5, 5.41) is 12.1. The molecule has 0 bridgehead atoms. The quantitative estimate of drug-likeness (QED) is 0.658. The molecule has 2 atom stereocenters. The Morgan fingerprint density at radius 2 is 1.85 bits per heavy atom. The smallest absolute Gasteiger partial charge is 0.254 e. The van der Waals surface area contributed by atoms with Gasteiger partial charge < -0.3 is 14.9 Å². The van der Waals surface area contributed by atoms with Crippen LogP contribution in [0.2, 0.25) is 0 Å². The highest BCUT2D eigenvalue weighted by Crippen LogP contribution is 2.52. The zero-order chi connectivity index (χ0) is 23.9. The van der Waals surface area contributed by atoms with Crippen LogP contribution in [0, 0.1) is 24.2 Å². The minimum Gasteiger partial charge on any atom is -0.387 e. The largest absolute Gasteiger partial charge is 0.387 e. The van der Waals surface area contributed by atoms with Gasteiger partial charge in [0, 0.05) is 36.5 Å². The first-order valence-electron chi connectivity index (χ1n) is 13.7. The van der Waals surface area contributed by atoms with Crippen molar-refractivity contribution in [3.63, 3.8) is 0 Å². The molecule has 1 aromatic carbocycles. The van der Waals surface area contributed by atoms with E-state index in [0.717, 1.165) is 48.8 Å². The number of likely N-dealkylation sites (tertiary alicyclic amines) is 1. The molecule has 2 aliphatic heterocycles. The first kappa shape index (κ1) is 23.8. The molecule has 4 aliphatic rings. The number of aryl methyl sites for hydroxylation is 1. The van der Waals surface area contributed by atoms with Gasteiger partial charge in [-0.3, -0.25) is 9.59 Å². The number of benzene rings is 1. The summed E-state index contributed by atoms with van der Waals surface area (Å²) in [7, 11) is 0. The molecule has 2 amide bonds. The maximum atomic E-state index is 13.5. The molecule has 2 aliphatic carbocycles. The number of aliphatic hydroxyl groups is 1. The standard InChI is InChI=1S/C29H42N2O3/c1-21-9-8-12-24-25(21)18-31(27(24)33)20-29(34)15-16-30(19-28(29)13-6-7-14-28)26(32)22(2)17-23-10-4-3-5-11-23/h8-9,12,22-23,34H,3-7,10-11,13-20H2,1-2H3/t22-,29-/m1/s1. The highest BCUT2D eigenvalue weighted by molar-refractivity contribution is 5.98. The van der Waals surface area contributed by atoms with Crippen molar-refractivity contribution in [2.24, 2.45) is 17.3 Å². The molecule has 0 unspecified atom stereocenters. The molecular formula is C29H42N2O3. The van der Waals surface area contributed by atoms with Crippen LogP contribution in [-0.2, 0) is 11.3 Å². The molecule has 0 radical (unpaired) electrons. The number of hydrogen-bond acceptors (Lipinski definition) is 3. The molecule has 2 heterocycles. The summed E-state index contributed by atoms with van der Waals surface area (Å²) in [4.78, 5) is 30.6. The number of carbonyl (C=O) groups is 2. The summed E-state index contributed by atoms with van der Waals surface area (Å²) >= 11 is 0. The topological polar surface area (TPSA) is 60.9 Å². The van der Waals surface area contributed by atoms with Crippen molar-refractivity contribution in [2.45, 2.75) is 96.6 Å². The Hall–Kier alpha value is -1.88. The van der Waals surface area contributed by atoms with Crippen LogP contribution in [0.15, 0.2) is 18.2 Å². The fourth-order valence-electron chi connectivity index (χ4n) is 7.61. The second-order valence-electron chi connectivity index (χ2n) is 11.9. The van der Waals surface area contributed by atoms with Gasteiger partial charge in [-0.2, -0.15) is 0 Å². The van der Waals surface area contributed by atoms with Gasteiger partial charge in [-0.15, -0.1) is 0 Å². The number of β-amino-alcohol motifs (C(OH)–C–C–N with tert-alkyl or cyclic N) is 1. The van der Waals surface area contributed by atoms with E-state index in [-0.39, 0.29) is 23.1 Å². The zero-order valence-electron chi connectivity index (χ0n) is 21.2. The predicted octanol–water partition coefficient (Wildman–Crippen LogP) is 5.08. The molecule has 1 aromatic rings. The summed E-state index contributed by atoms with van der Waals surface area (Å²) in [5.41, 5.74) is 1.80. The van der Waals surface area contributed by atoms with Crippen molar-refractivity contribution < 1.29 is 14.7 Å². The molecule has 2 saturated carbocycles. The Labute approximate surface area is 204 Å². The van der Waals surface area contributed by atoms with Gasteiger partial charge >= 0.3 is 0 Å². The Morgan fingerprint density at radius 1 is 1.12 bits per heavy atom. The number of hydrogen-bond donors (Lipinski definition) is 1. The van der Waals surface area contributed by atoms with E-state index >= 15 is 0 Å². The minimum atomic E-state index is -0.932. The lowest BCUT2D eigenvalue weighted by atomic mass is 9.65. The van der Waals surface area contributed by atoms with E-state index < -0.39 is 5.60 Å². The fraction of sp³-hybridized carbons (Fsp3) is 0.724. The SMILES string of the molecule is Cc1cccc2c1CN(C[C@]1(O)CCN(C(=O)[C@H](C)CC3CCCCC3)CC13CCCC3)C2=O. The summed E-state index contributed by atoms with van der Waals surface area (Å²) in [6, 6.07) is 5.91. The molecule has 3 fully saturated rings. The van der Waals surface area contributed by atoms with Crippen LogP contribution in [0.25, 0.3) is 0 Å². The average Bonchev–Trinajstić information content (AvgIpc) is 3.43. The third kappa shape index (κ3) is 4.19. The summed E-state index contributed by atoms with van der Waals surface area (Å²) in [6.45, 7) is 6.37. The number of piperidine rings is 1. The van der Waals surface area contributed by atoms with E-state index in [2.05, 4.69) is 24.8 Å². The van der Waals surface area contributed by atoms with E-state index in [1.165, 1.54) is 32.1 Å². The number of carbonyl (C=O) groups excluding carboxylic acids is 2. The van der Waals surface area contributed by atoms with E-state index in [1.54, 1.807) is 0 Å². The predicted molar refractivity (Wildman–Crippen MR) is 133 cm³/mol. The van der Waals surface area contributed by atoms with Crippen LogP contribution in [-0.4, -0.2) is 52.0 Å².